The summed E-state index contributed by atoms with van der Waals surface area (Å²) in [7, 11) is 0. The third-order valence-electron chi connectivity index (χ3n) is 4.53. The summed E-state index contributed by atoms with van der Waals surface area (Å²) in [5, 5.41) is 4.50. The van der Waals surface area contributed by atoms with E-state index >= 15 is 0 Å². The lowest BCUT2D eigenvalue weighted by molar-refractivity contribution is -0.0266. The van der Waals surface area contributed by atoms with Crippen molar-refractivity contribution in [1.29, 1.82) is 0 Å². The van der Waals surface area contributed by atoms with E-state index in [4.69, 9.17) is 4.74 Å². The largest absolute Gasteiger partial charge is 0.381 e. The van der Waals surface area contributed by atoms with Gasteiger partial charge < -0.3 is 15.0 Å². The third-order valence-corrected chi connectivity index (χ3v) is 5.90. The lowest BCUT2D eigenvalue weighted by atomic mass is 9.81. The molecule has 2 atom stereocenters. The Balaban J connectivity index is 1.92. The Morgan fingerprint density at radius 3 is 2.95 bits per heavy atom. The summed E-state index contributed by atoms with van der Waals surface area (Å²) in [6, 6.07) is 0.564. The van der Waals surface area contributed by atoms with Gasteiger partial charge in [0.2, 0.25) is 0 Å². The molecule has 20 heavy (non-hydrogen) atoms. The molecular weight excluding hydrogens is 268 g/mol. The van der Waals surface area contributed by atoms with Gasteiger partial charge in [-0.15, -0.1) is 0 Å². The van der Waals surface area contributed by atoms with Gasteiger partial charge in [-0.1, -0.05) is 20.8 Å². The Morgan fingerprint density at radius 1 is 1.45 bits per heavy atom. The molecule has 0 aliphatic carbocycles. The summed E-state index contributed by atoms with van der Waals surface area (Å²) < 4.78 is 5.84. The molecule has 0 aromatic heterocycles. The van der Waals surface area contributed by atoms with E-state index in [2.05, 4.69) is 42.7 Å². The summed E-state index contributed by atoms with van der Waals surface area (Å²) in [6.45, 7) is 13.5. The van der Waals surface area contributed by atoms with Crippen LogP contribution in [0.25, 0.3) is 0 Å². The zero-order valence-corrected chi connectivity index (χ0v) is 14.3. The van der Waals surface area contributed by atoms with Crippen LogP contribution in [0.15, 0.2) is 0 Å². The molecule has 0 spiro atoms. The van der Waals surface area contributed by atoms with Crippen molar-refractivity contribution in [2.75, 3.05) is 45.1 Å². The minimum absolute atomic E-state index is 0.336. The van der Waals surface area contributed by atoms with Crippen LogP contribution in [0.3, 0.4) is 0 Å². The van der Waals surface area contributed by atoms with Gasteiger partial charge in [-0.25, -0.2) is 0 Å². The van der Waals surface area contributed by atoms with E-state index < -0.39 is 0 Å². The van der Waals surface area contributed by atoms with E-state index in [0.29, 0.717) is 11.5 Å². The Labute approximate surface area is 129 Å². The molecule has 2 unspecified atom stereocenters. The second-order valence-corrected chi connectivity index (χ2v) is 8.24. The van der Waals surface area contributed by atoms with Gasteiger partial charge in [-0.05, 0) is 19.3 Å². The smallest absolute Gasteiger partial charge is 0.0546 e. The highest BCUT2D eigenvalue weighted by Crippen LogP contribution is 2.31. The number of hydrogen-bond donors (Lipinski definition) is 1. The van der Waals surface area contributed by atoms with E-state index in [1.165, 1.54) is 44.6 Å². The van der Waals surface area contributed by atoms with E-state index in [1.54, 1.807) is 0 Å². The molecule has 2 fully saturated rings. The molecule has 1 N–H and O–H groups in total. The van der Waals surface area contributed by atoms with Gasteiger partial charge in [-0.3, -0.25) is 0 Å². The molecule has 2 heterocycles. The Bertz CT molecular complexity index is 280. The summed E-state index contributed by atoms with van der Waals surface area (Å²) in [4.78, 5) is 2.70. The van der Waals surface area contributed by atoms with Crippen LogP contribution in [-0.4, -0.2) is 61.3 Å². The van der Waals surface area contributed by atoms with Crippen LogP contribution < -0.4 is 5.32 Å². The van der Waals surface area contributed by atoms with Crippen LogP contribution in [0.1, 0.15) is 40.0 Å². The number of hydrogen-bond acceptors (Lipinski definition) is 4. The molecule has 0 aromatic rings. The first kappa shape index (κ1) is 16.6. The van der Waals surface area contributed by atoms with Crippen LogP contribution >= 0.6 is 11.8 Å². The maximum atomic E-state index is 5.84. The average molecular weight is 301 g/mol. The molecule has 4 heteroatoms. The first-order valence-corrected chi connectivity index (χ1v) is 9.33. The van der Waals surface area contributed by atoms with Crippen molar-refractivity contribution >= 4 is 11.8 Å². The predicted molar refractivity (Wildman–Crippen MR) is 88.6 cm³/mol. The zero-order chi connectivity index (χ0) is 14.4. The molecule has 2 aliphatic heterocycles. The van der Waals surface area contributed by atoms with Crippen LogP contribution in [0.2, 0.25) is 0 Å². The normalized spacial score (nSPS) is 32.7. The minimum atomic E-state index is 0.336. The van der Waals surface area contributed by atoms with Gasteiger partial charge in [0.05, 0.1) is 6.61 Å². The summed E-state index contributed by atoms with van der Waals surface area (Å²) in [5.41, 5.74) is 0.336. The van der Waals surface area contributed by atoms with Crippen molar-refractivity contribution in [3.8, 4) is 0 Å². The molecule has 0 saturated carbocycles. The van der Waals surface area contributed by atoms with Crippen molar-refractivity contribution in [3.63, 3.8) is 0 Å². The molecule has 0 radical (unpaired) electrons. The second kappa shape index (κ2) is 8.02. The standard InChI is InChI=1S/C16H32N2OS/c1-4-15-10-18(7-9-20-15)12-16(11-17-14(2)3)6-5-8-19-13-16/h14-15,17H,4-13H2,1-3H3. The highest BCUT2D eigenvalue weighted by molar-refractivity contribution is 8.00. The van der Waals surface area contributed by atoms with E-state index in [9.17, 15) is 0 Å². The molecule has 2 saturated heterocycles. The van der Waals surface area contributed by atoms with Crippen molar-refractivity contribution in [2.24, 2.45) is 5.41 Å². The first-order chi connectivity index (χ1) is 9.63. The summed E-state index contributed by atoms with van der Waals surface area (Å²) >= 11 is 2.16. The quantitative estimate of drug-likeness (QED) is 0.815. The number of rotatable bonds is 6. The molecule has 0 bridgehead atoms. The highest BCUT2D eigenvalue weighted by atomic mass is 32.2. The zero-order valence-electron chi connectivity index (χ0n) is 13.5. The van der Waals surface area contributed by atoms with Gasteiger partial charge in [-0.2, -0.15) is 11.8 Å². The number of nitrogens with one attached hydrogen (secondary N) is 1. The number of ether oxygens (including phenoxy) is 1. The Hall–Kier alpha value is 0.230. The fourth-order valence-corrected chi connectivity index (χ4v) is 4.54. The molecule has 118 valence electrons. The number of nitrogens with zero attached hydrogens (tertiary/aromatic N) is 1. The Kier molecular flexibility index (Phi) is 6.66. The van der Waals surface area contributed by atoms with Crippen molar-refractivity contribution < 1.29 is 4.74 Å². The molecule has 0 aromatic carbocycles. The van der Waals surface area contributed by atoms with Crippen molar-refractivity contribution in [3.05, 3.63) is 0 Å². The first-order valence-electron chi connectivity index (χ1n) is 8.29. The second-order valence-electron chi connectivity index (χ2n) is 6.83. The van der Waals surface area contributed by atoms with Gasteiger partial charge in [0.15, 0.2) is 0 Å². The maximum Gasteiger partial charge on any atom is 0.0546 e. The fourth-order valence-electron chi connectivity index (χ4n) is 3.30. The lowest BCUT2D eigenvalue weighted by Gasteiger charge is -2.43. The highest BCUT2D eigenvalue weighted by Gasteiger charge is 2.35. The van der Waals surface area contributed by atoms with Crippen molar-refractivity contribution in [1.82, 2.24) is 10.2 Å². The summed E-state index contributed by atoms with van der Waals surface area (Å²) in [5.74, 6) is 1.30. The summed E-state index contributed by atoms with van der Waals surface area (Å²) in [6.07, 6.45) is 3.83. The third kappa shape index (κ3) is 4.90. The molecule has 2 aliphatic rings. The van der Waals surface area contributed by atoms with Crippen LogP contribution in [-0.2, 0) is 4.74 Å². The lowest BCUT2D eigenvalue weighted by Crippen LogP contribution is -2.52. The molecule has 3 nitrogen and oxygen atoms in total. The van der Waals surface area contributed by atoms with Crippen LogP contribution in [0.4, 0.5) is 0 Å². The maximum absolute atomic E-state index is 5.84. The minimum Gasteiger partial charge on any atom is -0.381 e. The van der Waals surface area contributed by atoms with Gasteiger partial charge >= 0.3 is 0 Å². The van der Waals surface area contributed by atoms with Gasteiger partial charge in [0.25, 0.3) is 0 Å². The van der Waals surface area contributed by atoms with Crippen LogP contribution in [0.5, 0.6) is 0 Å². The monoisotopic (exact) mass is 300 g/mol. The molecule has 2 rings (SSSR count). The van der Waals surface area contributed by atoms with Crippen LogP contribution in [0, 0.1) is 5.41 Å². The SMILES string of the molecule is CCC1CN(CC2(CNC(C)C)CCCOC2)CCS1. The molecule has 0 amide bonds. The topological polar surface area (TPSA) is 24.5 Å². The number of thioether (sulfide) groups is 1. The molecular formula is C16H32N2OS. The van der Waals surface area contributed by atoms with Crippen molar-refractivity contribution in [2.45, 2.75) is 51.3 Å². The van der Waals surface area contributed by atoms with E-state index in [-0.39, 0.29) is 0 Å². The van der Waals surface area contributed by atoms with Gasteiger partial charge in [0.1, 0.15) is 0 Å². The Morgan fingerprint density at radius 2 is 2.30 bits per heavy atom. The van der Waals surface area contributed by atoms with Gasteiger partial charge in [0, 0.05) is 55.2 Å². The van der Waals surface area contributed by atoms with E-state index in [1.807, 2.05) is 0 Å². The van der Waals surface area contributed by atoms with E-state index in [0.717, 1.165) is 25.0 Å². The fraction of sp³-hybridized carbons (Fsp3) is 1.00. The predicted octanol–water partition coefficient (Wildman–Crippen LogP) is 2.61. The average Bonchev–Trinajstić information content (AvgIpc) is 2.46.